The molecule has 1 unspecified atom stereocenters. The topological polar surface area (TPSA) is 63.6 Å². The smallest absolute Gasteiger partial charge is 0.309 e. The summed E-state index contributed by atoms with van der Waals surface area (Å²) < 4.78 is 4.66. The fourth-order valence-corrected chi connectivity index (χ4v) is 2.32. The van der Waals surface area contributed by atoms with Crippen LogP contribution >= 0.6 is 0 Å². The lowest BCUT2D eigenvalue weighted by atomic mass is 9.78. The summed E-state index contributed by atoms with van der Waals surface area (Å²) in [5, 5.41) is 8.75. The molecule has 0 heterocycles. The molecule has 86 valence electrons. The Morgan fingerprint density at radius 1 is 1.33 bits per heavy atom. The highest BCUT2D eigenvalue weighted by Crippen LogP contribution is 2.32. The number of esters is 1. The van der Waals surface area contributed by atoms with Crippen LogP contribution in [0.1, 0.15) is 38.5 Å². The molecule has 0 aromatic rings. The highest BCUT2D eigenvalue weighted by Gasteiger charge is 2.31. The van der Waals surface area contributed by atoms with Crippen molar-refractivity contribution in [2.45, 2.75) is 38.5 Å². The van der Waals surface area contributed by atoms with E-state index >= 15 is 0 Å². The second-order valence-corrected chi connectivity index (χ2v) is 4.13. The molecule has 1 rings (SSSR count). The van der Waals surface area contributed by atoms with Crippen LogP contribution in [0.15, 0.2) is 0 Å². The summed E-state index contributed by atoms with van der Waals surface area (Å²) in [5.41, 5.74) is 0. The van der Waals surface area contributed by atoms with Crippen LogP contribution in [0.4, 0.5) is 0 Å². The predicted molar refractivity (Wildman–Crippen MR) is 54.3 cm³/mol. The van der Waals surface area contributed by atoms with E-state index in [1.165, 1.54) is 13.5 Å². The minimum atomic E-state index is -0.920. The van der Waals surface area contributed by atoms with Crippen molar-refractivity contribution in [2.75, 3.05) is 7.11 Å². The number of carbonyl (C=O) groups excluding carboxylic acids is 1. The van der Waals surface area contributed by atoms with Gasteiger partial charge in [-0.2, -0.15) is 0 Å². The fourth-order valence-electron chi connectivity index (χ4n) is 2.32. The summed E-state index contributed by atoms with van der Waals surface area (Å²) in [6.45, 7) is 0. The highest BCUT2D eigenvalue weighted by molar-refractivity contribution is 5.79. The third-order valence-corrected chi connectivity index (χ3v) is 3.12. The lowest BCUT2D eigenvalue weighted by molar-refractivity contribution is -0.153. The summed E-state index contributed by atoms with van der Waals surface area (Å²) in [5.74, 6) is -1.55. The standard InChI is InChI=1S/C11H18O4/c1-15-11(14)9(7-10(12)13)8-5-3-2-4-6-8/h8-9H,2-7H2,1H3,(H,12,13). The van der Waals surface area contributed by atoms with E-state index in [0.717, 1.165) is 25.7 Å². The zero-order chi connectivity index (χ0) is 11.3. The predicted octanol–water partition coefficient (Wildman–Crippen LogP) is 1.83. The first-order chi connectivity index (χ1) is 7.15. The second kappa shape index (κ2) is 5.73. The molecule has 15 heavy (non-hydrogen) atoms. The summed E-state index contributed by atoms with van der Waals surface area (Å²) in [7, 11) is 1.32. The van der Waals surface area contributed by atoms with Crippen molar-refractivity contribution in [3.05, 3.63) is 0 Å². The quantitative estimate of drug-likeness (QED) is 0.725. The largest absolute Gasteiger partial charge is 0.481 e. The fraction of sp³-hybridized carbons (Fsp3) is 0.818. The van der Waals surface area contributed by atoms with Gasteiger partial charge in [-0.1, -0.05) is 19.3 Å². The van der Waals surface area contributed by atoms with Crippen LogP contribution in [-0.4, -0.2) is 24.2 Å². The molecule has 1 aliphatic rings. The van der Waals surface area contributed by atoms with Gasteiger partial charge < -0.3 is 9.84 Å². The number of aliphatic carboxylic acids is 1. The average molecular weight is 214 g/mol. The molecule has 0 aromatic heterocycles. The maximum Gasteiger partial charge on any atom is 0.309 e. The van der Waals surface area contributed by atoms with Gasteiger partial charge in [0, 0.05) is 0 Å². The van der Waals surface area contributed by atoms with Crippen LogP contribution in [0, 0.1) is 11.8 Å². The molecule has 0 bridgehead atoms. The number of hydrogen-bond acceptors (Lipinski definition) is 3. The van der Waals surface area contributed by atoms with Gasteiger partial charge >= 0.3 is 11.9 Å². The van der Waals surface area contributed by atoms with E-state index in [-0.39, 0.29) is 18.3 Å². The first-order valence-electron chi connectivity index (χ1n) is 5.44. The van der Waals surface area contributed by atoms with Gasteiger partial charge in [-0.25, -0.2) is 0 Å². The number of carboxylic acids is 1. The Morgan fingerprint density at radius 2 is 1.93 bits per heavy atom. The van der Waals surface area contributed by atoms with Gasteiger partial charge in [0.15, 0.2) is 0 Å². The van der Waals surface area contributed by atoms with Crippen molar-refractivity contribution >= 4 is 11.9 Å². The van der Waals surface area contributed by atoms with Crippen LogP contribution in [0.2, 0.25) is 0 Å². The number of ether oxygens (including phenoxy) is 1. The molecule has 0 saturated heterocycles. The zero-order valence-corrected chi connectivity index (χ0v) is 9.07. The third kappa shape index (κ3) is 3.53. The normalized spacial score (nSPS) is 19.5. The van der Waals surface area contributed by atoms with Gasteiger partial charge in [0.25, 0.3) is 0 Å². The molecule has 1 N–H and O–H groups in total. The number of hydrogen-bond donors (Lipinski definition) is 1. The van der Waals surface area contributed by atoms with Crippen LogP contribution in [0.3, 0.4) is 0 Å². The average Bonchev–Trinajstić information content (AvgIpc) is 2.26. The van der Waals surface area contributed by atoms with Crippen molar-refractivity contribution < 1.29 is 19.4 Å². The molecular weight excluding hydrogens is 196 g/mol. The van der Waals surface area contributed by atoms with E-state index in [1.807, 2.05) is 0 Å². The summed E-state index contributed by atoms with van der Waals surface area (Å²) in [6, 6.07) is 0. The number of carbonyl (C=O) groups is 2. The molecule has 0 radical (unpaired) electrons. The van der Waals surface area contributed by atoms with Crippen LogP contribution < -0.4 is 0 Å². The van der Waals surface area contributed by atoms with Crippen molar-refractivity contribution in [3.63, 3.8) is 0 Å². The van der Waals surface area contributed by atoms with Crippen molar-refractivity contribution in [1.82, 2.24) is 0 Å². The Balaban J connectivity index is 2.60. The molecule has 0 aromatic carbocycles. The first-order valence-corrected chi connectivity index (χ1v) is 5.44. The Hall–Kier alpha value is -1.06. The summed E-state index contributed by atoms with van der Waals surface area (Å²) in [4.78, 5) is 22.1. The van der Waals surface area contributed by atoms with Gasteiger partial charge in [-0.05, 0) is 18.8 Å². The molecule has 1 fully saturated rings. The Labute approximate surface area is 89.6 Å². The van der Waals surface area contributed by atoms with E-state index in [9.17, 15) is 9.59 Å². The molecule has 0 spiro atoms. The van der Waals surface area contributed by atoms with Crippen molar-refractivity contribution in [3.8, 4) is 0 Å². The summed E-state index contributed by atoms with van der Waals surface area (Å²) in [6.07, 6.45) is 5.18. The van der Waals surface area contributed by atoms with E-state index in [4.69, 9.17) is 5.11 Å². The number of carboxylic acid groups (broad SMARTS) is 1. The second-order valence-electron chi connectivity index (χ2n) is 4.13. The number of methoxy groups -OCH3 is 1. The molecule has 0 amide bonds. The zero-order valence-electron chi connectivity index (χ0n) is 9.07. The van der Waals surface area contributed by atoms with Gasteiger partial charge in [0.1, 0.15) is 0 Å². The van der Waals surface area contributed by atoms with Crippen molar-refractivity contribution in [2.24, 2.45) is 11.8 Å². The van der Waals surface area contributed by atoms with Gasteiger partial charge in [-0.15, -0.1) is 0 Å². The van der Waals surface area contributed by atoms with Crippen LogP contribution in [0.5, 0.6) is 0 Å². The molecular formula is C11H18O4. The molecule has 1 saturated carbocycles. The molecule has 0 aliphatic heterocycles. The van der Waals surface area contributed by atoms with Gasteiger partial charge in [0.05, 0.1) is 19.4 Å². The van der Waals surface area contributed by atoms with E-state index in [2.05, 4.69) is 4.74 Å². The van der Waals surface area contributed by atoms with Crippen molar-refractivity contribution in [1.29, 1.82) is 0 Å². The Morgan fingerprint density at radius 3 is 2.40 bits per heavy atom. The molecule has 1 atom stereocenters. The minimum Gasteiger partial charge on any atom is -0.481 e. The van der Waals surface area contributed by atoms with E-state index in [1.54, 1.807) is 0 Å². The van der Waals surface area contributed by atoms with Gasteiger partial charge in [-0.3, -0.25) is 9.59 Å². The molecule has 4 heteroatoms. The van der Waals surface area contributed by atoms with E-state index in [0.29, 0.717) is 0 Å². The first kappa shape index (κ1) is 12.0. The van der Waals surface area contributed by atoms with Gasteiger partial charge in [0.2, 0.25) is 0 Å². The highest BCUT2D eigenvalue weighted by atomic mass is 16.5. The maximum absolute atomic E-state index is 11.5. The third-order valence-electron chi connectivity index (χ3n) is 3.12. The summed E-state index contributed by atoms with van der Waals surface area (Å²) >= 11 is 0. The molecule has 4 nitrogen and oxygen atoms in total. The van der Waals surface area contributed by atoms with E-state index < -0.39 is 11.9 Å². The lowest BCUT2D eigenvalue weighted by Crippen LogP contribution is -2.29. The minimum absolute atomic E-state index is 0.0999. The Bertz CT molecular complexity index is 231. The Kier molecular flexibility index (Phi) is 4.59. The maximum atomic E-state index is 11.5. The SMILES string of the molecule is COC(=O)C(CC(=O)O)C1CCCCC1. The number of rotatable bonds is 4. The van der Waals surface area contributed by atoms with Crippen LogP contribution in [0.25, 0.3) is 0 Å². The lowest BCUT2D eigenvalue weighted by Gasteiger charge is -2.27. The monoisotopic (exact) mass is 214 g/mol. The molecule has 1 aliphatic carbocycles. The van der Waals surface area contributed by atoms with Crippen LogP contribution in [-0.2, 0) is 14.3 Å².